The van der Waals surface area contributed by atoms with E-state index in [0.717, 1.165) is 18.6 Å². The highest BCUT2D eigenvalue weighted by Gasteiger charge is 2.00. The van der Waals surface area contributed by atoms with E-state index in [2.05, 4.69) is 83.0 Å². The van der Waals surface area contributed by atoms with Crippen molar-refractivity contribution in [1.82, 2.24) is 9.80 Å². The van der Waals surface area contributed by atoms with Crippen molar-refractivity contribution in [3.8, 4) is 0 Å². The molecular weight excluding hydrogens is 824 g/mol. The van der Waals surface area contributed by atoms with Gasteiger partial charge < -0.3 is 26.4 Å². The maximum atomic E-state index is 9.99. The molecule has 0 heterocycles. The van der Waals surface area contributed by atoms with Gasteiger partial charge in [-0.2, -0.15) is 0 Å². The summed E-state index contributed by atoms with van der Waals surface area (Å²) in [5, 5.41) is 8.21. The summed E-state index contributed by atoms with van der Waals surface area (Å²) in [7, 11) is 8.69. The van der Waals surface area contributed by atoms with Gasteiger partial charge in [0, 0.05) is 5.57 Å². The SMILES string of the molecule is Br.C=C(CCC)C(=O)O.C=CC(N)=O.C=CC(N)=O.CCCCCCCCCCCCCCCCCCN(C)C.CCCCCCCCCCCCCCCCCCN(C)C. The van der Waals surface area contributed by atoms with Crippen molar-refractivity contribution in [2.45, 2.75) is 239 Å². The monoisotopic (exact) mass is 931 g/mol. The van der Waals surface area contributed by atoms with Crippen LogP contribution in [0.4, 0.5) is 0 Å². The van der Waals surface area contributed by atoms with E-state index in [1.54, 1.807) is 0 Å². The molecule has 0 rings (SSSR count). The summed E-state index contributed by atoms with van der Waals surface area (Å²) >= 11 is 0. The smallest absolute Gasteiger partial charge is 0.330 e. The molecule has 8 nitrogen and oxygen atoms in total. The Labute approximate surface area is 391 Å². The maximum Gasteiger partial charge on any atom is 0.330 e. The van der Waals surface area contributed by atoms with Crippen LogP contribution in [-0.2, 0) is 14.4 Å². The van der Waals surface area contributed by atoms with Crippen LogP contribution in [0.3, 0.4) is 0 Å². The molecule has 0 fully saturated rings. The lowest BCUT2D eigenvalue weighted by atomic mass is 10.0. The first-order chi connectivity index (χ1) is 28.8. The minimum Gasteiger partial charge on any atom is -0.478 e. The molecule has 0 unspecified atom stereocenters. The third-order valence-electron chi connectivity index (χ3n) is 10.2. The normalized spacial score (nSPS) is 10.0. The van der Waals surface area contributed by atoms with Crippen LogP contribution < -0.4 is 11.5 Å². The van der Waals surface area contributed by atoms with E-state index in [1.165, 1.54) is 219 Å². The average Bonchev–Trinajstić information content (AvgIpc) is 3.21. The van der Waals surface area contributed by atoms with E-state index in [9.17, 15) is 14.4 Å². The van der Waals surface area contributed by atoms with Crippen LogP contribution in [0.15, 0.2) is 37.5 Å². The predicted octanol–water partition coefficient (Wildman–Crippen LogP) is 14.9. The molecule has 61 heavy (non-hydrogen) atoms. The molecule has 0 saturated carbocycles. The second kappa shape index (κ2) is 64.7. The first-order valence-electron chi connectivity index (χ1n) is 24.8. The number of hydrogen-bond donors (Lipinski definition) is 3. The van der Waals surface area contributed by atoms with E-state index < -0.39 is 17.8 Å². The van der Waals surface area contributed by atoms with E-state index in [1.807, 2.05) is 6.92 Å². The minimum atomic E-state index is -0.883. The van der Waals surface area contributed by atoms with Crippen LogP contribution in [0.25, 0.3) is 0 Å². The highest BCUT2D eigenvalue weighted by Crippen LogP contribution is 2.15. The molecule has 0 aliphatic carbocycles. The van der Waals surface area contributed by atoms with E-state index in [0.29, 0.717) is 12.0 Å². The number of primary amides is 2. The van der Waals surface area contributed by atoms with Gasteiger partial charge in [-0.3, -0.25) is 9.59 Å². The van der Waals surface area contributed by atoms with Gasteiger partial charge in [0.2, 0.25) is 11.8 Å². The fourth-order valence-electron chi connectivity index (χ4n) is 6.36. The molecule has 0 saturated heterocycles. The van der Waals surface area contributed by atoms with Gasteiger partial charge in [0.15, 0.2) is 0 Å². The Hall–Kier alpha value is -1.97. The van der Waals surface area contributed by atoms with Crippen LogP contribution in [-0.4, -0.2) is 74.0 Å². The number of unbranched alkanes of at least 4 members (excludes halogenated alkanes) is 30. The van der Waals surface area contributed by atoms with Crippen LogP contribution in [0.1, 0.15) is 239 Å². The summed E-state index contributed by atoms with van der Waals surface area (Å²) < 4.78 is 0. The van der Waals surface area contributed by atoms with E-state index in [4.69, 9.17) is 5.11 Å². The third kappa shape index (κ3) is 89.8. The summed E-state index contributed by atoms with van der Waals surface area (Å²) in [4.78, 5) is 33.5. The Kier molecular flexibility index (Phi) is 74.9. The zero-order valence-electron chi connectivity index (χ0n) is 41.9. The third-order valence-corrected chi connectivity index (χ3v) is 10.2. The molecule has 366 valence electrons. The largest absolute Gasteiger partial charge is 0.478 e. The zero-order valence-corrected chi connectivity index (χ0v) is 43.6. The Morgan fingerprint density at radius 1 is 0.426 bits per heavy atom. The average molecular weight is 932 g/mol. The molecule has 2 amide bonds. The molecule has 0 radical (unpaired) electrons. The lowest BCUT2D eigenvalue weighted by molar-refractivity contribution is -0.132. The zero-order chi connectivity index (χ0) is 46.3. The van der Waals surface area contributed by atoms with E-state index >= 15 is 0 Å². The number of rotatable bonds is 39. The highest BCUT2D eigenvalue weighted by atomic mass is 79.9. The summed E-state index contributed by atoms with van der Waals surface area (Å²) in [6.45, 7) is 18.6. The summed E-state index contributed by atoms with van der Waals surface area (Å²) in [6, 6.07) is 0. The molecule has 0 spiro atoms. The minimum absolute atomic E-state index is 0. The van der Waals surface area contributed by atoms with Crippen molar-refractivity contribution in [2.24, 2.45) is 11.5 Å². The number of nitrogens with two attached hydrogens (primary N) is 2. The second-order valence-corrected chi connectivity index (χ2v) is 17.1. The second-order valence-electron chi connectivity index (χ2n) is 17.1. The van der Waals surface area contributed by atoms with Crippen molar-refractivity contribution in [1.29, 1.82) is 0 Å². The molecule has 0 aromatic carbocycles. The Bertz CT molecular complexity index is 856. The van der Waals surface area contributed by atoms with Crippen molar-refractivity contribution < 1.29 is 19.5 Å². The van der Waals surface area contributed by atoms with Crippen LogP contribution in [0, 0.1) is 0 Å². The number of hydrogen-bond acceptors (Lipinski definition) is 5. The molecule has 0 aromatic rings. The first kappa shape index (κ1) is 70.7. The highest BCUT2D eigenvalue weighted by molar-refractivity contribution is 8.93. The van der Waals surface area contributed by atoms with Gasteiger partial charge in [-0.15, -0.1) is 17.0 Å². The number of carboxylic acid groups (broad SMARTS) is 1. The fraction of sp³-hybridized carbons (Fsp3) is 0.827. The van der Waals surface area contributed by atoms with Gasteiger partial charge in [0.1, 0.15) is 0 Å². The van der Waals surface area contributed by atoms with Gasteiger partial charge in [-0.05, 0) is 72.7 Å². The van der Waals surface area contributed by atoms with Crippen LogP contribution >= 0.6 is 17.0 Å². The quantitative estimate of drug-likeness (QED) is 0.0416. The molecule has 0 aliphatic heterocycles. The molecule has 9 heteroatoms. The first-order valence-corrected chi connectivity index (χ1v) is 24.8. The van der Waals surface area contributed by atoms with Crippen molar-refractivity contribution >= 4 is 34.8 Å². The maximum absolute atomic E-state index is 9.99. The molecular formula is C52H107BrN4O4. The van der Waals surface area contributed by atoms with Gasteiger partial charge in [0.25, 0.3) is 0 Å². The van der Waals surface area contributed by atoms with E-state index in [-0.39, 0.29) is 17.0 Å². The molecule has 0 atom stereocenters. The summed E-state index contributed by atoms with van der Waals surface area (Å²) in [5.41, 5.74) is 9.37. The molecule has 0 bridgehead atoms. The molecule has 0 aliphatic rings. The topological polar surface area (TPSA) is 130 Å². The standard InChI is InChI=1S/2C20H43N.C6H10O2.2C3H5NO.BrH/c2*1-4-5-6-7-8-9-10-11-12-13-14-15-16-17-18-19-20-21(2)3;1-3-4-5(2)6(7)8;2*1-2-3(4)5;/h2*4-20H2,1-3H3;2-4H2,1H3,(H,7,8);2*2H,1H2,(H2,4,5);1H. The Morgan fingerprint density at radius 3 is 0.721 bits per heavy atom. The van der Waals surface area contributed by atoms with Crippen molar-refractivity contribution in [3.63, 3.8) is 0 Å². The Morgan fingerprint density at radius 2 is 0.607 bits per heavy atom. The number of carboxylic acids is 1. The van der Waals surface area contributed by atoms with Crippen LogP contribution in [0.2, 0.25) is 0 Å². The predicted molar refractivity (Wildman–Crippen MR) is 277 cm³/mol. The number of nitrogens with zero attached hydrogens (tertiary/aromatic N) is 2. The number of carbonyl (C=O) groups is 3. The number of amides is 2. The number of carbonyl (C=O) groups excluding carboxylic acids is 2. The van der Waals surface area contributed by atoms with Crippen LogP contribution in [0.5, 0.6) is 0 Å². The molecule has 0 aromatic heterocycles. The fourth-order valence-corrected chi connectivity index (χ4v) is 6.36. The van der Waals surface area contributed by atoms with Gasteiger partial charge in [-0.25, -0.2) is 4.79 Å². The Balaban J connectivity index is -0.000000175. The number of halogens is 1. The van der Waals surface area contributed by atoms with Crippen molar-refractivity contribution in [3.05, 3.63) is 37.5 Å². The molecule has 5 N–H and O–H groups in total. The summed E-state index contributed by atoms with van der Waals surface area (Å²) in [5.74, 6) is -1.85. The lowest BCUT2D eigenvalue weighted by Crippen LogP contribution is -2.12. The van der Waals surface area contributed by atoms with Gasteiger partial charge >= 0.3 is 5.97 Å². The van der Waals surface area contributed by atoms with Gasteiger partial charge in [0.05, 0.1) is 0 Å². The lowest BCUT2D eigenvalue weighted by Gasteiger charge is -2.08. The van der Waals surface area contributed by atoms with Crippen molar-refractivity contribution in [2.75, 3.05) is 41.3 Å². The van der Waals surface area contributed by atoms with Gasteiger partial charge in [-0.1, -0.05) is 240 Å². The summed E-state index contributed by atoms with van der Waals surface area (Å²) in [6.07, 6.45) is 50.2. The number of aliphatic carboxylic acids is 1.